The summed E-state index contributed by atoms with van der Waals surface area (Å²) in [6, 6.07) is 8.04. The highest BCUT2D eigenvalue weighted by Gasteiger charge is 2.36. The summed E-state index contributed by atoms with van der Waals surface area (Å²) in [5.41, 5.74) is 2.57. The van der Waals surface area contributed by atoms with Crippen molar-refractivity contribution in [3.63, 3.8) is 0 Å². The average molecular weight is 479 g/mol. The maximum absolute atomic E-state index is 13.4. The molecule has 2 fully saturated rings. The SMILES string of the molecule is CCOC(=O)C1CCN([C@H](c2cc3cc(CC)ccc3[nH]c2=O)c2nnnn2C2CCCC2)CC1. The Morgan fingerprint density at radius 3 is 2.63 bits per heavy atom. The first-order valence-electron chi connectivity index (χ1n) is 12.9. The second-order valence-corrected chi connectivity index (χ2v) is 9.71. The molecular weight excluding hydrogens is 444 g/mol. The van der Waals surface area contributed by atoms with Gasteiger partial charge in [-0.05, 0) is 78.6 Å². The highest BCUT2D eigenvalue weighted by atomic mass is 16.5. The number of carbonyl (C=O) groups is 1. The molecule has 9 nitrogen and oxygen atoms in total. The van der Waals surface area contributed by atoms with Crippen LogP contribution in [0.25, 0.3) is 10.9 Å². The van der Waals surface area contributed by atoms with Crippen molar-refractivity contribution in [3.8, 4) is 0 Å². The summed E-state index contributed by atoms with van der Waals surface area (Å²) in [4.78, 5) is 31.1. The van der Waals surface area contributed by atoms with Crippen LogP contribution in [-0.2, 0) is 16.0 Å². The highest BCUT2D eigenvalue weighted by Crippen LogP contribution is 2.35. The molecule has 1 saturated carbocycles. The minimum absolute atomic E-state index is 0.111. The molecule has 1 atom stereocenters. The van der Waals surface area contributed by atoms with Crippen molar-refractivity contribution in [1.29, 1.82) is 0 Å². The summed E-state index contributed by atoms with van der Waals surface area (Å²) in [5, 5.41) is 13.9. The van der Waals surface area contributed by atoms with Crippen LogP contribution < -0.4 is 5.56 Å². The van der Waals surface area contributed by atoms with Crippen LogP contribution in [0.4, 0.5) is 0 Å². The fraction of sp³-hybridized carbons (Fsp3) is 0.577. The molecule has 1 saturated heterocycles. The van der Waals surface area contributed by atoms with Gasteiger partial charge < -0.3 is 9.72 Å². The summed E-state index contributed by atoms with van der Waals surface area (Å²) in [5.74, 6) is 0.470. The molecule has 1 aliphatic carbocycles. The minimum atomic E-state index is -0.382. The number of rotatable bonds is 7. The van der Waals surface area contributed by atoms with Crippen molar-refractivity contribution in [3.05, 3.63) is 51.6 Å². The van der Waals surface area contributed by atoms with E-state index in [1.807, 2.05) is 23.7 Å². The molecule has 1 aliphatic heterocycles. The van der Waals surface area contributed by atoms with E-state index in [0.29, 0.717) is 43.9 Å². The van der Waals surface area contributed by atoms with Gasteiger partial charge in [0, 0.05) is 24.2 Å². The lowest BCUT2D eigenvalue weighted by molar-refractivity contribution is -0.149. The van der Waals surface area contributed by atoms with Gasteiger partial charge in [-0.25, -0.2) is 4.68 Å². The smallest absolute Gasteiger partial charge is 0.309 e. The maximum Gasteiger partial charge on any atom is 0.309 e. The number of benzene rings is 1. The number of esters is 1. The quantitative estimate of drug-likeness (QED) is 0.518. The van der Waals surface area contributed by atoms with Crippen LogP contribution in [0, 0.1) is 5.92 Å². The Morgan fingerprint density at radius 2 is 1.91 bits per heavy atom. The molecule has 5 rings (SSSR count). The van der Waals surface area contributed by atoms with Gasteiger partial charge in [-0.15, -0.1) is 5.10 Å². The number of nitrogens with zero attached hydrogens (tertiary/aromatic N) is 5. The third kappa shape index (κ3) is 4.74. The summed E-state index contributed by atoms with van der Waals surface area (Å²) in [7, 11) is 0. The van der Waals surface area contributed by atoms with E-state index in [0.717, 1.165) is 43.0 Å². The van der Waals surface area contributed by atoms with Crippen molar-refractivity contribution in [2.75, 3.05) is 19.7 Å². The van der Waals surface area contributed by atoms with E-state index in [1.165, 1.54) is 5.56 Å². The average Bonchev–Trinajstić information content (AvgIpc) is 3.57. The summed E-state index contributed by atoms with van der Waals surface area (Å²) in [6.07, 6.45) is 6.71. The molecule has 0 unspecified atom stereocenters. The zero-order chi connectivity index (χ0) is 24.4. The van der Waals surface area contributed by atoms with E-state index in [-0.39, 0.29) is 29.5 Å². The Bertz CT molecular complexity index is 1240. The van der Waals surface area contributed by atoms with Gasteiger partial charge in [-0.2, -0.15) is 0 Å². The summed E-state index contributed by atoms with van der Waals surface area (Å²) < 4.78 is 7.21. The molecule has 3 heterocycles. The molecule has 3 aromatic rings. The van der Waals surface area contributed by atoms with Crippen molar-refractivity contribution < 1.29 is 9.53 Å². The van der Waals surface area contributed by atoms with Gasteiger partial charge in [-0.3, -0.25) is 14.5 Å². The zero-order valence-corrected chi connectivity index (χ0v) is 20.6. The van der Waals surface area contributed by atoms with Gasteiger partial charge in [0.25, 0.3) is 5.56 Å². The van der Waals surface area contributed by atoms with Crippen LogP contribution in [0.1, 0.15) is 81.4 Å². The van der Waals surface area contributed by atoms with Gasteiger partial charge >= 0.3 is 5.97 Å². The Morgan fingerprint density at radius 1 is 1.14 bits per heavy atom. The number of piperidine rings is 1. The number of aryl methyl sites for hydroxylation is 1. The predicted molar refractivity (Wildman–Crippen MR) is 132 cm³/mol. The molecule has 0 radical (unpaired) electrons. The normalized spacial score (nSPS) is 18.8. The fourth-order valence-electron chi connectivity index (χ4n) is 5.64. The number of hydrogen-bond donors (Lipinski definition) is 1. The minimum Gasteiger partial charge on any atom is -0.466 e. The van der Waals surface area contributed by atoms with Crippen molar-refractivity contribution >= 4 is 16.9 Å². The number of hydrogen-bond acceptors (Lipinski definition) is 7. The molecule has 2 aliphatic rings. The molecule has 2 aromatic heterocycles. The number of aromatic amines is 1. The first-order chi connectivity index (χ1) is 17.1. The Hall–Kier alpha value is -3.07. The second-order valence-electron chi connectivity index (χ2n) is 9.71. The molecule has 9 heteroatoms. The van der Waals surface area contributed by atoms with E-state index >= 15 is 0 Å². The Kier molecular flexibility index (Phi) is 6.95. The van der Waals surface area contributed by atoms with Crippen molar-refractivity contribution in [1.82, 2.24) is 30.1 Å². The standard InChI is InChI=1S/C26H34N6O3/c1-3-17-9-10-22-19(15-17)16-21(25(33)27-22)23(24-28-29-30-32(24)20-7-5-6-8-20)31-13-11-18(12-14-31)26(34)35-4-2/h9-10,15-16,18,20,23H,3-8,11-14H2,1-2H3,(H,27,33)/t23-/m1/s1. The third-order valence-electron chi connectivity index (χ3n) is 7.59. The topological polar surface area (TPSA) is 106 Å². The van der Waals surface area contributed by atoms with Crippen molar-refractivity contribution in [2.24, 2.45) is 5.92 Å². The van der Waals surface area contributed by atoms with Crippen LogP contribution in [0.5, 0.6) is 0 Å². The van der Waals surface area contributed by atoms with E-state index < -0.39 is 0 Å². The largest absolute Gasteiger partial charge is 0.466 e. The Labute approximate surface area is 204 Å². The van der Waals surface area contributed by atoms with E-state index in [4.69, 9.17) is 4.74 Å². The van der Waals surface area contributed by atoms with Crippen molar-refractivity contribution in [2.45, 2.75) is 70.9 Å². The first-order valence-corrected chi connectivity index (χ1v) is 12.9. The lowest BCUT2D eigenvalue weighted by Gasteiger charge is -2.36. The molecule has 1 N–H and O–H groups in total. The lowest BCUT2D eigenvalue weighted by Crippen LogP contribution is -2.42. The summed E-state index contributed by atoms with van der Waals surface area (Å²) in [6.45, 7) is 5.68. The number of carbonyl (C=O) groups excluding carboxylic acids is 1. The zero-order valence-electron chi connectivity index (χ0n) is 20.6. The summed E-state index contributed by atoms with van der Waals surface area (Å²) >= 11 is 0. The number of nitrogens with one attached hydrogen (secondary N) is 1. The van der Waals surface area contributed by atoms with Crippen LogP contribution >= 0.6 is 0 Å². The van der Waals surface area contributed by atoms with Gasteiger partial charge in [0.05, 0.1) is 18.6 Å². The number of ether oxygens (including phenoxy) is 1. The van der Waals surface area contributed by atoms with Crippen LogP contribution in [0.2, 0.25) is 0 Å². The van der Waals surface area contributed by atoms with Crippen LogP contribution in [-0.4, -0.2) is 55.8 Å². The predicted octanol–water partition coefficient (Wildman–Crippen LogP) is 3.56. The van der Waals surface area contributed by atoms with E-state index in [2.05, 4.69) is 44.5 Å². The van der Waals surface area contributed by atoms with Crippen LogP contribution in [0.3, 0.4) is 0 Å². The maximum atomic E-state index is 13.4. The monoisotopic (exact) mass is 478 g/mol. The molecule has 35 heavy (non-hydrogen) atoms. The first kappa shape index (κ1) is 23.7. The highest BCUT2D eigenvalue weighted by molar-refractivity contribution is 5.80. The number of fused-ring (bicyclic) bond motifs is 1. The third-order valence-corrected chi connectivity index (χ3v) is 7.59. The number of pyridine rings is 1. The number of likely N-dealkylation sites (tertiary alicyclic amines) is 1. The molecule has 0 amide bonds. The van der Waals surface area contributed by atoms with Gasteiger partial charge in [0.1, 0.15) is 6.04 Å². The van der Waals surface area contributed by atoms with Gasteiger partial charge in [-0.1, -0.05) is 25.8 Å². The molecule has 1 aromatic carbocycles. The fourth-order valence-corrected chi connectivity index (χ4v) is 5.64. The Balaban J connectivity index is 1.55. The van der Waals surface area contributed by atoms with Crippen LogP contribution in [0.15, 0.2) is 29.1 Å². The van der Waals surface area contributed by atoms with E-state index in [9.17, 15) is 9.59 Å². The molecule has 0 spiro atoms. The second kappa shape index (κ2) is 10.3. The molecular formula is C26H34N6O3. The number of aromatic nitrogens is 5. The number of H-pyrrole nitrogens is 1. The number of tetrazole rings is 1. The molecule has 0 bridgehead atoms. The lowest BCUT2D eigenvalue weighted by atomic mass is 9.93. The van der Waals surface area contributed by atoms with Gasteiger partial charge in [0.15, 0.2) is 5.82 Å². The van der Waals surface area contributed by atoms with Gasteiger partial charge in [0.2, 0.25) is 0 Å². The van der Waals surface area contributed by atoms with E-state index in [1.54, 1.807) is 0 Å². The molecule has 186 valence electrons.